The van der Waals surface area contributed by atoms with Gasteiger partial charge in [-0.15, -0.1) is 0 Å². The quantitative estimate of drug-likeness (QED) is 0.527. The van der Waals surface area contributed by atoms with E-state index in [1.54, 1.807) is 4.90 Å². The van der Waals surface area contributed by atoms with E-state index in [2.05, 4.69) is 45.7 Å². The lowest BCUT2D eigenvalue weighted by Crippen LogP contribution is -3.18. The molecule has 0 atom stereocenters. The number of hydrogen-bond acceptors (Lipinski definition) is 3. The van der Waals surface area contributed by atoms with Gasteiger partial charge < -0.3 is 9.80 Å². The fourth-order valence-corrected chi connectivity index (χ4v) is 5.94. The molecule has 1 aliphatic carbocycles. The first-order chi connectivity index (χ1) is 16.3. The van der Waals surface area contributed by atoms with E-state index in [1.807, 2.05) is 30.3 Å². The van der Waals surface area contributed by atoms with Gasteiger partial charge in [0.1, 0.15) is 17.5 Å². The summed E-state index contributed by atoms with van der Waals surface area (Å²) in [6.45, 7) is 4.43. The van der Waals surface area contributed by atoms with Crippen molar-refractivity contribution in [3.8, 4) is 17.2 Å². The van der Waals surface area contributed by atoms with E-state index in [0.29, 0.717) is 5.56 Å². The summed E-state index contributed by atoms with van der Waals surface area (Å²) in [5.41, 5.74) is 5.45. The minimum absolute atomic E-state index is 0.646. The normalized spacial score (nSPS) is 18.1. The molecule has 33 heavy (non-hydrogen) atoms. The summed E-state index contributed by atoms with van der Waals surface area (Å²) in [6, 6.07) is 24.0. The average molecular weight is 437 g/mol. The monoisotopic (exact) mass is 436 g/mol. The summed E-state index contributed by atoms with van der Waals surface area (Å²) < 4.78 is 2.21. The number of piperazine rings is 1. The molecule has 2 fully saturated rings. The predicted molar refractivity (Wildman–Crippen MR) is 133 cm³/mol. The van der Waals surface area contributed by atoms with Gasteiger partial charge in [-0.2, -0.15) is 5.26 Å². The number of quaternary nitrogens is 1. The number of aromatic nitrogens is 2. The van der Waals surface area contributed by atoms with E-state index in [-0.39, 0.29) is 0 Å². The summed E-state index contributed by atoms with van der Waals surface area (Å²) in [5.74, 6) is 1.15. The molecule has 3 heterocycles. The third kappa shape index (κ3) is 3.55. The molecule has 1 saturated heterocycles. The number of rotatable bonds is 3. The second kappa shape index (κ2) is 8.53. The number of imidazole rings is 1. The Bertz CT molecular complexity index is 1320. The van der Waals surface area contributed by atoms with Crippen molar-refractivity contribution >= 4 is 22.5 Å². The molecule has 166 valence electrons. The highest BCUT2D eigenvalue weighted by Gasteiger charge is 2.30. The summed E-state index contributed by atoms with van der Waals surface area (Å²) in [6.07, 6.45) is 6.99. The average Bonchev–Trinajstić information content (AvgIpc) is 3.28. The zero-order valence-electron chi connectivity index (χ0n) is 19.0. The highest BCUT2D eigenvalue weighted by molar-refractivity contribution is 5.89. The molecule has 2 aromatic heterocycles. The van der Waals surface area contributed by atoms with Gasteiger partial charge in [0.25, 0.3) is 0 Å². The van der Waals surface area contributed by atoms with Crippen molar-refractivity contribution in [1.82, 2.24) is 9.38 Å². The third-order valence-corrected chi connectivity index (χ3v) is 7.67. The van der Waals surface area contributed by atoms with Crippen LogP contribution in [-0.2, 0) is 0 Å². The molecule has 0 unspecified atom stereocenters. The Balaban J connectivity index is 1.46. The van der Waals surface area contributed by atoms with Crippen LogP contribution in [0.5, 0.6) is 0 Å². The lowest BCUT2D eigenvalue weighted by molar-refractivity contribution is -0.927. The van der Waals surface area contributed by atoms with Crippen LogP contribution in [-0.4, -0.2) is 41.6 Å². The van der Waals surface area contributed by atoms with Gasteiger partial charge in [0.2, 0.25) is 0 Å². The Morgan fingerprint density at radius 1 is 0.909 bits per heavy atom. The highest BCUT2D eigenvalue weighted by Crippen LogP contribution is 2.34. The maximum absolute atomic E-state index is 10.2. The number of anilines is 1. The molecule has 0 radical (unpaired) electrons. The van der Waals surface area contributed by atoms with E-state index in [1.165, 1.54) is 45.2 Å². The topological polar surface area (TPSA) is 48.8 Å². The van der Waals surface area contributed by atoms with Crippen molar-refractivity contribution in [3.05, 3.63) is 66.2 Å². The van der Waals surface area contributed by atoms with E-state index in [0.717, 1.165) is 52.8 Å². The first kappa shape index (κ1) is 20.3. The molecule has 0 spiro atoms. The van der Waals surface area contributed by atoms with E-state index in [9.17, 15) is 5.26 Å². The zero-order chi connectivity index (χ0) is 22.2. The Kier molecular flexibility index (Phi) is 5.24. The van der Waals surface area contributed by atoms with Gasteiger partial charge in [-0.3, -0.25) is 4.40 Å². The third-order valence-electron chi connectivity index (χ3n) is 7.67. The van der Waals surface area contributed by atoms with Crippen LogP contribution < -0.4 is 9.80 Å². The Morgan fingerprint density at radius 2 is 1.64 bits per heavy atom. The Hall–Kier alpha value is -3.36. The van der Waals surface area contributed by atoms with Crippen molar-refractivity contribution in [1.29, 1.82) is 5.26 Å². The minimum Gasteiger partial charge on any atom is -0.346 e. The van der Waals surface area contributed by atoms with Gasteiger partial charge in [0.15, 0.2) is 5.65 Å². The van der Waals surface area contributed by atoms with Gasteiger partial charge in [0, 0.05) is 5.56 Å². The van der Waals surface area contributed by atoms with Crippen LogP contribution in [0.25, 0.3) is 27.8 Å². The van der Waals surface area contributed by atoms with Crippen molar-refractivity contribution in [2.75, 3.05) is 31.1 Å². The van der Waals surface area contributed by atoms with Gasteiger partial charge in [0.05, 0.1) is 43.3 Å². The molecular formula is C28H30N5+. The van der Waals surface area contributed by atoms with Gasteiger partial charge in [-0.05, 0) is 49.4 Å². The van der Waals surface area contributed by atoms with Crippen molar-refractivity contribution in [2.24, 2.45) is 0 Å². The second-order valence-corrected chi connectivity index (χ2v) is 9.51. The number of fused-ring (bicyclic) bond motifs is 3. The molecular weight excluding hydrogens is 406 g/mol. The van der Waals surface area contributed by atoms with Crippen LogP contribution in [0, 0.1) is 11.3 Å². The number of hydrogen-bond donors (Lipinski definition) is 1. The predicted octanol–water partition coefficient (Wildman–Crippen LogP) is 4.06. The standard InChI is InChI=1S/C28H29N5/c29-20-24-23(21-9-3-1-4-10-21)19-27(33-26-14-8-7-13-25(26)30-28(24)33)32-17-15-31(16-18-32)22-11-5-2-6-12-22/h1,3-4,7-10,13-14,19,22H,2,5-6,11-12,15-18H2/p+1. The van der Waals surface area contributed by atoms with Crippen molar-refractivity contribution < 1.29 is 4.90 Å². The van der Waals surface area contributed by atoms with Gasteiger partial charge in [-0.25, -0.2) is 4.98 Å². The Morgan fingerprint density at radius 3 is 2.39 bits per heavy atom. The largest absolute Gasteiger partial charge is 0.346 e. The molecule has 2 aromatic carbocycles. The molecule has 5 nitrogen and oxygen atoms in total. The number of nitrogens with one attached hydrogen (secondary N) is 1. The fourth-order valence-electron chi connectivity index (χ4n) is 5.94. The highest BCUT2D eigenvalue weighted by atomic mass is 15.3. The smallest absolute Gasteiger partial charge is 0.158 e. The fraction of sp³-hybridized carbons (Fsp3) is 0.357. The summed E-state index contributed by atoms with van der Waals surface area (Å²) in [5, 5.41) is 10.2. The molecule has 5 heteroatoms. The van der Waals surface area contributed by atoms with Crippen LogP contribution >= 0.6 is 0 Å². The van der Waals surface area contributed by atoms with Crippen LogP contribution in [0.1, 0.15) is 37.7 Å². The maximum Gasteiger partial charge on any atom is 0.158 e. The number of benzene rings is 2. The first-order valence-corrected chi connectivity index (χ1v) is 12.3. The molecule has 1 aliphatic heterocycles. The minimum atomic E-state index is 0.646. The number of para-hydroxylation sites is 2. The maximum atomic E-state index is 10.2. The molecule has 6 rings (SSSR count). The summed E-state index contributed by atoms with van der Waals surface area (Å²) in [4.78, 5) is 9.23. The zero-order valence-corrected chi connectivity index (χ0v) is 19.0. The van der Waals surface area contributed by atoms with Gasteiger partial charge >= 0.3 is 0 Å². The SMILES string of the molecule is N#Cc1c(-c2ccccc2)cc(N2CC[NH+](C3CCCCC3)CC2)n2c1nc1ccccc12. The van der Waals surface area contributed by atoms with Crippen LogP contribution in [0.2, 0.25) is 0 Å². The molecule has 0 bridgehead atoms. The molecule has 1 N–H and O–H groups in total. The second-order valence-electron chi connectivity index (χ2n) is 9.51. The molecule has 2 aliphatic rings. The number of pyridine rings is 1. The van der Waals surface area contributed by atoms with Crippen molar-refractivity contribution in [2.45, 2.75) is 38.1 Å². The molecule has 4 aromatic rings. The van der Waals surface area contributed by atoms with E-state index in [4.69, 9.17) is 4.98 Å². The number of nitriles is 1. The summed E-state index contributed by atoms with van der Waals surface area (Å²) >= 11 is 0. The van der Waals surface area contributed by atoms with Crippen LogP contribution in [0.4, 0.5) is 5.82 Å². The number of nitrogens with zero attached hydrogens (tertiary/aromatic N) is 4. The first-order valence-electron chi connectivity index (χ1n) is 12.3. The van der Waals surface area contributed by atoms with Crippen molar-refractivity contribution in [3.63, 3.8) is 0 Å². The van der Waals surface area contributed by atoms with E-state index >= 15 is 0 Å². The molecule has 1 saturated carbocycles. The van der Waals surface area contributed by atoms with Gasteiger partial charge in [-0.1, -0.05) is 48.9 Å². The van der Waals surface area contributed by atoms with Crippen LogP contribution in [0.15, 0.2) is 60.7 Å². The lowest BCUT2D eigenvalue weighted by atomic mass is 9.94. The Labute approximate surface area is 194 Å². The van der Waals surface area contributed by atoms with E-state index < -0.39 is 0 Å². The summed E-state index contributed by atoms with van der Waals surface area (Å²) in [7, 11) is 0. The lowest BCUT2D eigenvalue weighted by Gasteiger charge is -2.39. The van der Waals surface area contributed by atoms with Crippen LogP contribution in [0.3, 0.4) is 0 Å². The molecule has 0 amide bonds.